The highest BCUT2D eigenvalue weighted by atomic mass is 32.1. The van der Waals surface area contributed by atoms with E-state index >= 15 is 0 Å². The Labute approximate surface area is 187 Å². The number of pyridine rings is 2. The predicted octanol–water partition coefficient (Wildman–Crippen LogP) is 6.41. The minimum Gasteiger partial charge on any atom is -0.308 e. The van der Waals surface area contributed by atoms with Crippen LogP contribution in [0.1, 0.15) is 9.75 Å². The van der Waals surface area contributed by atoms with Crippen molar-refractivity contribution in [2.75, 3.05) is 0 Å². The van der Waals surface area contributed by atoms with Crippen LogP contribution in [0.4, 0.5) is 0 Å². The van der Waals surface area contributed by atoms with Gasteiger partial charge in [-0.1, -0.05) is 19.2 Å². The van der Waals surface area contributed by atoms with Crippen molar-refractivity contribution in [2.45, 2.75) is 13.8 Å². The Kier molecular flexibility index (Phi) is 2.75. The number of hydrogen-bond donors (Lipinski definition) is 0. The van der Waals surface area contributed by atoms with Gasteiger partial charge in [0, 0.05) is 31.3 Å². The van der Waals surface area contributed by atoms with Crippen LogP contribution in [0, 0.1) is 13.8 Å². The average molecular weight is 454 g/mol. The van der Waals surface area contributed by atoms with E-state index in [1.54, 1.807) is 11.3 Å². The Hall–Kier alpha value is -2.93. The zero-order chi connectivity index (χ0) is 20.8. The Morgan fingerprint density at radius 3 is 2.26 bits per heavy atom. The van der Waals surface area contributed by atoms with Gasteiger partial charge in [-0.15, -0.1) is 34.0 Å². The quantitative estimate of drug-likeness (QED) is 0.243. The molecule has 0 spiro atoms. The lowest BCUT2D eigenvalue weighted by atomic mass is 10.0. The maximum atomic E-state index is 5.03. The fraction of sp³-hybridized carbons (Fsp3) is 0.0800. The van der Waals surface area contributed by atoms with Gasteiger partial charge in [-0.05, 0) is 38.1 Å². The molecular weight excluding hydrogens is 438 g/mol. The van der Waals surface area contributed by atoms with E-state index in [9.17, 15) is 0 Å². The fourth-order valence-electron chi connectivity index (χ4n) is 5.34. The van der Waals surface area contributed by atoms with E-state index in [1.807, 2.05) is 22.7 Å². The van der Waals surface area contributed by atoms with Crippen molar-refractivity contribution in [1.82, 2.24) is 13.8 Å². The summed E-state index contributed by atoms with van der Waals surface area (Å²) in [5, 5.41) is 7.18. The Morgan fingerprint density at radius 2 is 1.42 bits per heavy atom. The van der Waals surface area contributed by atoms with Crippen LogP contribution in [0.15, 0.2) is 30.3 Å². The number of rotatable bonds is 0. The number of benzene rings is 1. The van der Waals surface area contributed by atoms with Gasteiger partial charge in [-0.2, -0.15) is 0 Å². The lowest BCUT2D eigenvalue weighted by Crippen LogP contribution is -2.11. The van der Waals surface area contributed by atoms with Gasteiger partial charge < -0.3 is 4.40 Å². The predicted molar refractivity (Wildman–Crippen MR) is 138 cm³/mol. The molecule has 0 fully saturated rings. The minimum atomic E-state index is 1.01. The molecule has 0 N–H and O–H groups in total. The molecule has 6 heteroatoms. The van der Waals surface area contributed by atoms with Crippen molar-refractivity contribution in [3.63, 3.8) is 0 Å². The highest BCUT2D eigenvalue weighted by Crippen LogP contribution is 2.42. The van der Waals surface area contributed by atoms with E-state index in [-0.39, 0.29) is 0 Å². The van der Waals surface area contributed by atoms with Crippen LogP contribution in [0.3, 0.4) is 0 Å². The van der Waals surface area contributed by atoms with Gasteiger partial charge in [0.2, 0.25) is 0 Å². The molecule has 0 aliphatic rings. The Bertz CT molecular complexity index is 2010. The molecule has 0 aliphatic heterocycles. The second-order valence-electron chi connectivity index (χ2n) is 8.35. The van der Waals surface area contributed by atoms with E-state index in [4.69, 9.17) is 4.98 Å². The first-order chi connectivity index (χ1) is 15.0. The average Bonchev–Trinajstić information content (AvgIpc) is 3.49. The van der Waals surface area contributed by atoms with E-state index in [1.165, 1.54) is 56.4 Å². The molecular formula is C25H15N3S3. The molecule has 8 aromatic rings. The fourth-order valence-corrected chi connectivity index (χ4v) is 8.39. The molecule has 7 aromatic heterocycles. The molecule has 7 heterocycles. The summed E-state index contributed by atoms with van der Waals surface area (Å²) < 4.78 is 8.40. The molecule has 0 bridgehead atoms. The van der Waals surface area contributed by atoms with E-state index in [0.717, 1.165) is 26.7 Å². The number of nitrogens with zero attached hydrogens (tertiary/aromatic N) is 3. The highest BCUT2D eigenvalue weighted by Gasteiger charge is 2.22. The van der Waals surface area contributed by atoms with Crippen molar-refractivity contribution in [3.8, 4) is 0 Å². The maximum Gasteiger partial charge on any atom is 0.147 e. The molecule has 0 aliphatic carbocycles. The zero-order valence-corrected chi connectivity index (χ0v) is 19.3. The van der Waals surface area contributed by atoms with E-state index in [0.29, 0.717) is 0 Å². The molecule has 1 aromatic carbocycles. The first-order valence-electron chi connectivity index (χ1n) is 10.1. The third kappa shape index (κ3) is 1.77. The highest BCUT2D eigenvalue weighted by molar-refractivity contribution is 7.26. The SMILES string of the molecule is C=c1c2sc3c(=C)n4c5cc(C)sc5nc4c4ccc(c2c34)c2cc3sc(C)cc3n12. The largest absolute Gasteiger partial charge is 0.308 e. The van der Waals surface area contributed by atoms with Gasteiger partial charge in [0.15, 0.2) is 0 Å². The van der Waals surface area contributed by atoms with Gasteiger partial charge in [0.25, 0.3) is 0 Å². The van der Waals surface area contributed by atoms with Crippen molar-refractivity contribution >= 4 is 110 Å². The van der Waals surface area contributed by atoms with Gasteiger partial charge in [0.05, 0.1) is 41.3 Å². The van der Waals surface area contributed by atoms with Crippen LogP contribution < -0.4 is 10.7 Å². The van der Waals surface area contributed by atoms with Gasteiger partial charge in [-0.3, -0.25) is 4.40 Å². The molecule has 0 radical (unpaired) electrons. The van der Waals surface area contributed by atoms with Crippen LogP contribution in [0.2, 0.25) is 0 Å². The van der Waals surface area contributed by atoms with Crippen LogP contribution in [-0.4, -0.2) is 13.8 Å². The molecule has 0 saturated heterocycles. The monoisotopic (exact) mass is 453 g/mol. The third-order valence-electron chi connectivity index (χ3n) is 6.53. The number of aromatic nitrogens is 3. The van der Waals surface area contributed by atoms with E-state index in [2.05, 4.69) is 66.1 Å². The molecule has 148 valence electrons. The summed E-state index contributed by atoms with van der Waals surface area (Å²) in [6.07, 6.45) is 0. The Morgan fingerprint density at radius 1 is 0.742 bits per heavy atom. The van der Waals surface area contributed by atoms with Gasteiger partial charge in [-0.25, -0.2) is 4.98 Å². The van der Waals surface area contributed by atoms with Crippen molar-refractivity contribution in [2.24, 2.45) is 0 Å². The van der Waals surface area contributed by atoms with E-state index < -0.39 is 0 Å². The summed E-state index contributed by atoms with van der Waals surface area (Å²) in [4.78, 5) is 8.72. The second-order valence-corrected chi connectivity index (χ2v) is 11.9. The van der Waals surface area contributed by atoms with Gasteiger partial charge >= 0.3 is 0 Å². The normalized spacial score (nSPS) is 13.1. The number of thiophene rings is 3. The molecule has 0 saturated carbocycles. The van der Waals surface area contributed by atoms with Crippen molar-refractivity contribution in [1.29, 1.82) is 0 Å². The lowest BCUT2D eigenvalue weighted by Gasteiger charge is -2.08. The summed E-state index contributed by atoms with van der Waals surface area (Å²) in [6.45, 7) is 13.4. The summed E-state index contributed by atoms with van der Waals surface area (Å²) in [7, 11) is 0. The molecule has 0 atom stereocenters. The number of hydrogen-bond acceptors (Lipinski definition) is 4. The molecule has 8 rings (SSSR count). The number of fused-ring (bicyclic) bond motifs is 8. The molecule has 0 unspecified atom stereocenters. The maximum absolute atomic E-state index is 5.03. The van der Waals surface area contributed by atoms with Gasteiger partial charge in [0.1, 0.15) is 10.5 Å². The summed E-state index contributed by atoms with van der Waals surface area (Å²) in [6, 6.07) is 11.4. The van der Waals surface area contributed by atoms with Crippen LogP contribution >= 0.6 is 34.0 Å². The number of imidazole rings is 1. The van der Waals surface area contributed by atoms with Crippen molar-refractivity contribution < 1.29 is 0 Å². The molecule has 3 nitrogen and oxygen atoms in total. The third-order valence-corrected chi connectivity index (χ3v) is 9.74. The summed E-state index contributed by atoms with van der Waals surface area (Å²) in [5.74, 6) is 0. The van der Waals surface area contributed by atoms with Crippen molar-refractivity contribution in [3.05, 3.63) is 50.8 Å². The van der Waals surface area contributed by atoms with Crippen LogP contribution in [-0.2, 0) is 0 Å². The topological polar surface area (TPSA) is 21.7 Å². The standard InChI is InChI=1S/C25H15N3S3/c1-10-7-17-19(29-10)9-16-14-5-6-15-21-20(14)22(12(3)27(16)17)31-23(21)13(4)28-18-8-11(2)30-25(18)26-24(15)28/h5-9H,3-4H2,1-2H3. The minimum absolute atomic E-state index is 1.01. The summed E-state index contributed by atoms with van der Waals surface area (Å²) >= 11 is 5.42. The second kappa shape index (κ2) is 5.10. The molecule has 0 amide bonds. The zero-order valence-electron chi connectivity index (χ0n) is 16.9. The first-order valence-corrected chi connectivity index (χ1v) is 12.6. The lowest BCUT2D eigenvalue weighted by molar-refractivity contribution is 1.21. The first kappa shape index (κ1) is 16.7. The molecule has 31 heavy (non-hydrogen) atoms. The van der Waals surface area contributed by atoms with Crippen LogP contribution in [0.5, 0.6) is 0 Å². The van der Waals surface area contributed by atoms with Crippen LogP contribution in [0.25, 0.3) is 75.8 Å². The summed E-state index contributed by atoms with van der Waals surface area (Å²) in [5.41, 5.74) is 4.68. The number of aryl methyl sites for hydroxylation is 2. The smallest absolute Gasteiger partial charge is 0.147 e. The Balaban J connectivity index is 1.71.